The lowest BCUT2D eigenvalue weighted by Crippen LogP contribution is -2.48. The molecular weight excluding hydrogens is 636 g/mol. The predicted molar refractivity (Wildman–Crippen MR) is 193 cm³/mol. The highest BCUT2D eigenvalue weighted by molar-refractivity contribution is 5.72. The fourth-order valence-corrected chi connectivity index (χ4v) is 5.96. The summed E-state index contributed by atoms with van der Waals surface area (Å²) in [6.45, 7) is 13.0. The molecular formula is C40H54N2O8. The topological polar surface area (TPSA) is 105 Å². The van der Waals surface area contributed by atoms with Crippen LogP contribution in [0.5, 0.6) is 17.2 Å². The van der Waals surface area contributed by atoms with Gasteiger partial charge in [-0.3, -0.25) is 4.79 Å². The minimum atomic E-state index is -0.583. The molecule has 1 aliphatic rings. The molecule has 0 bridgehead atoms. The third kappa shape index (κ3) is 12.2. The number of amides is 2. The number of methoxy groups -OCH3 is 1. The summed E-state index contributed by atoms with van der Waals surface area (Å²) in [5, 5.41) is 2.85. The first-order valence-electron chi connectivity index (χ1n) is 17.5. The van der Waals surface area contributed by atoms with Crippen molar-refractivity contribution in [3.63, 3.8) is 0 Å². The summed E-state index contributed by atoms with van der Waals surface area (Å²) < 4.78 is 35.6. The second-order valence-corrected chi connectivity index (χ2v) is 13.5. The maximum Gasteiger partial charge on any atom is 0.410 e. The van der Waals surface area contributed by atoms with Gasteiger partial charge < -0.3 is 38.6 Å². The standard InChI is InChI=1S/C40H54N2O8/c1-29-11-9-13-32(19-21-41-30(2)43)38(29)49-26-25-48-37-27-42(39(44)50-40(3,4)5)22-20-35(37)31-15-17-34(18-16-31)47-24-10-23-46-28-33-12-7-8-14-36(33)45-6/h7-9,11-18,35,37H,10,19-28H2,1-6H3,(H,41,43). The Morgan fingerprint density at radius 1 is 0.900 bits per heavy atom. The van der Waals surface area contributed by atoms with Crippen LogP contribution in [-0.2, 0) is 32.0 Å². The number of piperidine rings is 1. The molecule has 3 aromatic rings. The van der Waals surface area contributed by atoms with Crippen LogP contribution in [-0.4, -0.2) is 81.8 Å². The lowest BCUT2D eigenvalue weighted by atomic mass is 9.87. The number of ether oxygens (including phenoxy) is 6. The van der Waals surface area contributed by atoms with Crippen molar-refractivity contribution in [2.45, 2.75) is 78.1 Å². The van der Waals surface area contributed by atoms with E-state index in [0.717, 1.165) is 52.3 Å². The van der Waals surface area contributed by atoms with Gasteiger partial charge in [0.15, 0.2) is 0 Å². The highest BCUT2D eigenvalue weighted by Gasteiger charge is 2.35. The smallest absolute Gasteiger partial charge is 0.410 e. The van der Waals surface area contributed by atoms with Crippen LogP contribution in [0.2, 0.25) is 0 Å². The molecule has 1 aliphatic heterocycles. The zero-order valence-corrected chi connectivity index (χ0v) is 30.5. The van der Waals surface area contributed by atoms with E-state index in [-0.39, 0.29) is 24.0 Å². The molecule has 4 rings (SSSR count). The van der Waals surface area contributed by atoms with E-state index in [9.17, 15) is 9.59 Å². The predicted octanol–water partition coefficient (Wildman–Crippen LogP) is 6.86. The molecule has 0 saturated carbocycles. The van der Waals surface area contributed by atoms with Crippen molar-refractivity contribution in [2.75, 3.05) is 53.2 Å². The Bertz CT molecular complexity index is 1500. The first kappa shape index (κ1) is 38.5. The number of aryl methyl sites for hydroxylation is 1. The van der Waals surface area contributed by atoms with Gasteiger partial charge in [0.25, 0.3) is 0 Å². The van der Waals surface area contributed by atoms with Gasteiger partial charge in [0.1, 0.15) is 29.5 Å². The van der Waals surface area contributed by atoms with Crippen LogP contribution in [0.1, 0.15) is 68.7 Å². The zero-order valence-electron chi connectivity index (χ0n) is 30.5. The molecule has 2 amide bonds. The minimum absolute atomic E-state index is 0.0552. The van der Waals surface area contributed by atoms with Gasteiger partial charge in [-0.1, -0.05) is 48.5 Å². The summed E-state index contributed by atoms with van der Waals surface area (Å²) in [6, 6.07) is 22.0. The van der Waals surface area contributed by atoms with Crippen molar-refractivity contribution in [3.05, 3.63) is 89.0 Å². The number of rotatable bonds is 17. The van der Waals surface area contributed by atoms with Crippen molar-refractivity contribution in [1.82, 2.24) is 10.2 Å². The summed E-state index contributed by atoms with van der Waals surface area (Å²) in [5.74, 6) is 2.46. The zero-order chi connectivity index (χ0) is 35.9. The number of carbonyl (C=O) groups excluding carboxylic acids is 2. The number of hydrogen-bond donors (Lipinski definition) is 1. The van der Waals surface area contributed by atoms with Gasteiger partial charge in [0.2, 0.25) is 5.91 Å². The molecule has 2 atom stereocenters. The summed E-state index contributed by atoms with van der Waals surface area (Å²) in [6.07, 6.45) is 1.59. The highest BCUT2D eigenvalue weighted by atomic mass is 16.6. The number of para-hydroxylation sites is 2. The SMILES string of the molecule is COc1ccccc1COCCCOc1ccc(C2CCN(C(=O)OC(C)(C)C)CC2OCCOc2c(C)cccc2CCNC(C)=O)cc1. The average molecular weight is 691 g/mol. The van der Waals surface area contributed by atoms with Gasteiger partial charge in [0, 0.05) is 37.9 Å². The quantitative estimate of drug-likeness (QED) is 0.153. The molecule has 1 N–H and O–H groups in total. The number of carbonyl (C=O) groups is 2. The summed E-state index contributed by atoms with van der Waals surface area (Å²) in [5.41, 5.74) is 3.63. The van der Waals surface area contributed by atoms with E-state index in [0.29, 0.717) is 59.1 Å². The van der Waals surface area contributed by atoms with E-state index in [1.807, 2.05) is 82.3 Å². The molecule has 1 fully saturated rings. The monoisotopic (exact) mass is 690 g/mol. The Kier molecular flexibility index (Phi) is 14.8. The molecule has 1 heterocycles. The normalized spacial score (nSPS) is 16.1. The second-order valence-electron chi connectivity index (χ2n) is 13.5. The first-order valence-corrected chi connectivity index (χ1v) is 17.5. The third-order valence-corrected chi connectivity index (χ3v) is 8.39. The van der Waals surface area contributed by atoms with Crippen LogP contribution in [0.25, 0.3) is 0 Å². The van der Waals surface area contributed by atoms with Gasteiger partial charge in [-0.25, -0.2) is 4.79 Å². The molecule has 1 saturated heterocycles. The molecule has 10 nitrogen and oxygen atoms in total. The van der Waals surface area contributed by atoms with Crippen LogP contribution >= 0.6 is 0 Å². The van der Waals surface area contributed by atoms with Gasteiger partial charge in [-0.15, -0.1) is 0 Å². The summed E-state index contributed by atoms with van der Waals surface area (Å²) >= 11 is 0. The number of hydrogen-bond acceptors (Lipinski definition) is 8. The molecule has 50 heavy (non-hydrogen) atoms. The van der Waals surface area contributed by atoms with Crippen molar-refractivity contribution >= 4 is 12.0 Å². The largest absolute Gasteiger partial charge is 0.496 e. The van der Waals surface area contributed by atoms with E-state index >= 15 is 0 Å². The lowest BCUT2D eigenvalue weighted by molar-refractivity contribution is -0.118. The maximum atomic E-state index is 13.0. The summed E-state index contributed by atoms with van der Waals surface area (Å²) in [7, 11) is 1.66. The van der Waals surface area contributed by atoms with Gasteiger partial charge in [0.05, 0.1) is 46.2 Å². The van der Waals surface area contributed by atoms with Gasteiger partial charge in [-0.05, 0) is 75.4 Å². The van der Waals surface area contributed by atoms with E-state index < -0.39 is 5.60 Å². The highest BCUT2D eigenvalue weighted by Crippen LogP contribution is 2.33. The van der Waals surface area contributed by atoms with Gasteiger partial charge >= 0.3 is 6.09 Å². The molecule has 3 aromatic carbocycles. The van der Waals surface area contributed by atoms with Crippen LogP contribution in [0.15, 0.2) is 66.7 Å². The van der Waals surface area contributed by atoms with E-state index in [4.69, 9.17) is 28.4 Å². The second kappa shape index (κ2) is 19.2. The Morgan fingerprint density at radius 2 is 1.66 bits per heavy atom. The van der Waals surface area contributed by atoms with Crippen molar-refractivity contribution in [1.29, 1.82) is 0 Å². The molecule has 0 aliphatic carbocycles. The number of nitrogens with zero attached hydrogens (tertiary/aromatic N) is 1. The number of likely N-dealkylation sites (tertiary alicyclic amines) is 1. The fourth-order valence-electron chi connectivity index (χ4n) is 5.96. The molecule has 272 valence electrons. The molecule has 0 aromatic heterocycles. The maximum absolute atomic E-state index is 13.0. The Morgan fingerprint density at radius 3 is 2.40 bits per heavy atom. The Labute approximate surface area is 297 Å². The van der Waals surface area contributed by atoms with Crippen molar-refractivity contribution in [2.24, 2.45) is 0 Å². The van der Waals surface area contributed by atoms with Crippen LogP contribution in [0, 0.1) is 6.92 Å². The Balaban J connectivity index is 1.31. The van der Waals surface area contributed by atoms with Crippen molar-refractivity contribution in [3.8, 4) is 17.2 Å². The number of benzene rings is 3. The molecule has 10 heteroatoms. The minimum Gasteiger partial charge on any atom is -0.496 e. The molecule has 0 spiro atoms. The van der Waals surface area contributed by atoms with Crippen LogP contribution in [0.3, 0.4) is 0 Å². The average Bonchev–Trinajstić information content (AvgIpc) is 3.08. The Hall–Kier alpha value is -4.28. The van der Waals surface area contributed by atoms with E-state index in [1.165, 1.54) is 6.92 Å². The summed E-state index contributed by atoms with van der Waals surface area (Å²) in [4.78, 5) is 26.1. The third-order valence-electron chi connectivity index (χ3n) is 8.39. The fraction of sp³-hybridized carbons (Fsp3) is 0.500. The number of nitrogens with one attached hydrogen (secondary N) is 1. The molecule has 0 radical (unpaired) electrons. The van der Waals surface area contributed by atoms with E-state index in [2.05, 4.69) is 17.4 Å². The molecule has 2 unspecified atom stereocenters. The van der Waals surface area contributed by atoms with Crippen LogP contribution < -0.4 is 19.5 Å². The first-order chi connectivity index (χ1) is 24.0. The van der Waals surface area contributed by atoms with Crippen molar-refractivity contribution < 1.29 is 38.0 Å². The lowest BCUT2D eigenvalue weighted by Gasteiger charge is -2.39. The van der Waals surface area contributed by atoms with Crippen LogP contribution in [0.4, 0.5) is 4.79 Å². The van der Waals surface area contributed by atoms with Gasteiger partial charge in [-0.2, -0.15) is 0 Å². The van der Waals surface area contributed by atoms with E-state index in [1.54, 1.807) is 12.0 Å².